The molecule has 102 valence electrons. The standard InChI is InChI=1S/C13H21ClN2O2/c1-4-7-8-9-16-11(14)10(5-2)12(17)15(6-3)13(16)18/h4-9H2,1-3H3. The molecular weight excluding hydrogens is 252 g/mol. The number of hydrogen-bond acceptors (Lipinski definition) is 2. The number of unbranched alkanes of at least 4 members (excludes halogenated alkanes) is 2. The van der Waals surface area contributed by atoms with Crippen LogP contribution in [0.4, 0.5) is 0 Å². The van der Waals surface area contributed by atoms with Gasteiger partial charge in [-0.3, -0.25) is 13.9 Å². The topological polar surface area (TPSA) is 44.0 Å². The SMILES string of the molecule is CCCCCn1c(Cl)c(CC)c(=O)n(CC)c1=O. The van der Waals surface area contributed by atoms with Crippen molar-refractivity contribution in [1.29, 1.82) is 0 Å². The average molecular weight is 273 g/mol. The quantitative estimate of drug-likeness (QED) is 0.590. The maximum absolute atomic E-state index is 12.1. The van der Waals surface area contributed by atoms with Gasteiger partial charge in [-0.1, -0.05) is 38.3 Å². The van der Waals surface area contributed by atoms with Crippen LogP contribution >= 0.6 is 11.6 Å². The average Bonchev–Trinajstić information content (AvgIpc) is 2.34. The van der Waals surface area contributed by atoms with Crippen molar-refractivity contribution >= 4 is 11.6 Å². The number of aromatic nitrogens is 2. The predicted octanol–water partition coefficient (Wildman–Crippen LogP) is 2.44. The van der Waals surface area contributed by atoms with Crippen LogP contribution in [0.2, 0.25) is 5.15 Å². The van der Waals surface area contributed by atoms with E-state index in [1.54, 1.807) is 6.92 Å². The number of hydrogen-bond donors (Lipinski definition) is 0. The highest BCUT2D eigenvalue weighted by Crippen LogP contribution is 2.12. The summed E-state index contributed by atoms with van der Waals surface area (Å²) in [5.41, 5.74) is -0.00263. The van der Waals surface area contributed by atoms with Gasteiger partial charge in [-0.2, -0.15) is 0 Å². The summed E-state index contributed by atoms with van der Waals surface area (Å²) >= 11 is 6.18. The molecule has 0 N–H and O–H groups in total. The Morgan fingerprint density at radius 1 is 1.06 bits per heavy atom. The lowest BCUT2D eigenvalue weighted by atomic mass is 10.2. The highest BCUT2D eigenvalue weighted by atomic mass is 35.5. The molecular formula is C13H21ClN2O2. The van der Waals surface area contributed by atoms with E-state index in [1.165, 1.54) is 9.13 Å². The Hall–Kier alpha value is -1.03. The molecule has 4 nitrogen and oxygen atoms in total. The lowest BCUT2D eigenvalue weighted by Crippen LogP contribution is -2.41. The maximum atomic E-state index is 12.1. The molecule has 0 bridgehead atoms. The molecule has 18 heavy (non-hydrogen) atoms. The first-order chi connectivity index (χ1) is 8.58. The van der Waals surface area contributed by atoms with Crippen molar-refractivity contribution in [1.82, 2.24) is 9.13 Å². The number of nitrogens with zero attached hydrogens (tertiary/aromatic N) is 2. The summed E-state index contributed by atoms with van der Waals surface area (Å²) < 4.78 is 2.79. The van der Waals surface area contributed by atoms with Crippen LogP contribution in [0.25, 0.3) is 0 Å². The summed E-state index contributed by atoms with van der Waals surface area (Å²) in [7, 11) is 0. The van der Waals surface area contributed by atoms with E-state index in [2.05, 4.69) is 6.92 Å². The predicted molar refractivity (Wildman–Crippen MR) is 74.5 cm³/mol. The van der Waals surface area contributed by atoms with Gasteiger partial charge in [-0.15, -0.1) is 0 Å². The van der Waals surface area contributed by atoms with E-state index in [4.69, 9.17) is 11.6 Å². The fourth-order valence-electron chi connectivity index (χ4n) is 2.02. The molecule has 0 atom stereocenters. The molecule has 0 aromatic carbocycles. The second kappa shape index (κ2) is 6.78. The Bertz CT molecular complexity index is 517. The number of rotatable bonds is 6. The van der Waals surface area contributed by atoms with E-state index in [0.717, 1.165) is 19.3 Å². The molecule has 5 heteroatoms. The molecule has 0 amide bonds. The highest BCUT2D eigenvalue weighted by Gasteiger charge is 2.15. The van der Waals surface area contributed by atoms with Gasteiger partial charge in [0.15, 0.2) is 0 Å². The van der Waals surface area contributed by atoms with E-state index in [1.807, 2.05) is 6.92 Å². The molecule has 1 heterocycles. The first-order valence-corrected chi connectivity index (χ1v) is 6.98. The normalized spacial score (nSPS) is 10.9. The Morgan fingerprint density at radius 2 is 1.72 bits per heavy atom. The van der Waals surface area contributed by atoms with Crippen LogP contribution < -0.4 is 11.2 Å². The zero-order valence-electron chi connectivity index (χ0n) is 11.3. The molecule has 1 aromatic heterocycles. The van der Waals surface area contributed by atoms with Gasteiger partial charge in [0.1, 0.15) is 5.15 Å². The van der Waals surface area contributed by atoms with Crippen molar-refractivity contribution in [3.63, 3.8) is 0 Å². The molecule has 0 fully saturated rings. The van der Waals surface area contributed by atoms with Gasteiger partial charge < -0.3 is 0 Å². The highest BCUT2D eigenvalue weighted by molar-refractivity contribution is 6.30. The second-order valence-corrected chi connectivity index (χ2v) is 4.67. The van der Waals surface area contributed by atoms with E-state index >= 15 is 0 Å². The molecule has 0 spiro atoms. The van der Waals surface area contributed by atoms with Crippen molar-refractivity contribution in [2.45, 2.75) is 59.5 Å². The maximum Gasteiger partial charge on any atom is 0.332 e. The second-order valence-electron chi connectivity index (χ2n) is 4.31. The molecule has 0 saturated carbocycles. The lowest BCUT2D eigenvalue weighted by molar-refractivity contribution is 0.529. The fourth-order valence-corrected chi connectivity index (χ4v) is 2.39. The van der Waals surface area contributed by atoms with Crippen LogP contribution in [0.15, 0.2) is 9.59 Å². The summed E-state index contributed by atoms with van der Waals surface area (Å²) in [5.74, 6) is 0. The third-order valence-corrected chi connectivity index (χ3v) is 3.54. The summed E-state index contributed by atoms with van der Waals surface area (Å²) in [4.78, 5) is 24.2. The summed E-state index contributed by atoms with van der Waals surface area (Å²) in [5, 5.41) is 0.313. The third kappa shape index (κ3) is 2.86. The van der Waals surface area contributed by atoms with E-state index in [0.29, 0.717) is 30.2 Å². The van der Waals surface area contributed by atoms with Crippen molar-refractivity contribution in [3.8, 4) is 0 Å². The summed E-state index contributed by atoms with van der Waals surface area (Å²) in [6.07, 6.45) is 3.59. The molecule has 1 rings (SSSR count). The molecule has 0 aliphatic rings. The van der Waals surface area contributed by atoms with Crippen LogP contribution in [0.1, 0.15) is 45.6 Å². The number of halogens is 1. The van der Waals surface area contributed by atoms with Gasteiger partial charge in [0.25, 0.3) is 5.56 Å². The van der Waals surface area contributed by atoms with Gasteiger partial charge in [-0.25, -0.2) is 4.79 Å². The minimum Gasteiger partial charge on any atom is -0.283 e. The van der Waals surface area contributed by atoms with Crippen molar-refractivity contribution in [2.24, 2.45) is 0 Å². The first-order valence-electron chi connectivity index (χ1n) is 6.60. The molecule has 0 saturated heterocycles. The van der Waals surface area contributed by atoms with Crippen LogP contribution in [-0.4, -0.2) is 9.13 Å². The minimum atomic E-state index is -0.291. The van der Waals surface area contributed by atoms with Crippen LogP contribution in [0, 0.1) is 0 Å². The largest absolute Gasteiger partial charge is 0.332 e. The molecule has 1 aromatic rings. The van der Waals surface area contributed by atoms with Crippen LogP contribution in [-0.2, 0) is 19.5 Å². The Kier molecular flexibility index (Phi) is 5.66. The Labute approximate surface area is 112 Å². The minimum absolute atomic E-state index is 0.248. The Balaban J connectivity index is 3.32. The monoisotopic (exact) mass is 272 g/mol. The van der Waals surface area contributed by atoms with Gasteiger partial charge >= 0.3 is 5.69 Å². The summed E-state index contributed by atoms with van der Waals surface area (Å²) in [6, 6.07) is 0. The molecule has 0 aliphatic heterocycles. The molecule has 0 unspecified atom stereocenters. The van der Waals surface area contributed by atoms with Gasteiger partial charge in [0, 0.05) is 13.1 Å². The van der Waals surface area contributed by atoms with Crippen molar-refractivity contribution in [3.05, 3.63) is 31.6 Å². The van der Waals surface area contributed by atoms with Gasteiger partial charge in [-0.05, 0) is 19.8 Å². The smallest absolute Gasteiger partial charge is 0.283 e. The third-order valence-electron chi connectivity index (χ3n) is 3.11. The van der Waals surface area contributed by atoms with Crippen molar-refractivity contribution in [2.75, 3.05) is 0 Å². The molecule has 0 radical (unpaired) electrons. The van der Waals surface area contributed by atoms with E-state index in [9.17, 15) is 9.59 Å². The van der Waals surface area contributed by atoms with Gasteiger partial charge in [0.2, 0.25) is 0 Å². The molecule has 0 aliphatic carbocycles. The lowest BCUT2D eigenvalue weighted by Gasteiger charge is -2.14. The zero-order chi connectivity index (χ0) is 13.7. The van der Waals surface area contributed by atoms with E-state index in [-0.39, 0.29) is 11.2 Å². The fraction of sp³-hybridized carbons (Fsp3) is 0.692. The van der Waals surface area contributed by atoms with Crippen LogP contribution in [0.3, 0.4) is 0 Å². The first kappa shape index (κ1) is 15.0. The van der Waals surface area contributed by atoms with Gasteiger partial charge in [0.05, 0.1) is 5.56 Å². The van der Waals surface area contributed by atoms with E-state index < -0.39 is 0 Å². The Morgan fingerprint density at radius 3 is 2.22 bits per heavy atom. The van der Waals surface area contributed by atoms with Crippen molar-refractivity contribution < 1.29 is 0 Å². The summed E-state index contributed by atoms with van der Waals surface area (Å²) in [6.45, 7) is 6.75. The zero-order valence-corrected chi connectivity index (χ0v) is 12.1. The van der Waals surface area contributed by atoms with Crippen LogP contribution in [0.5, 0.6) is 0 Å².